The fourth-order valence-electron chi connectivity index (χ4n) is 3.22. The number of nitrogens with zero attached hydrogens (tertiary/aromatic N) is 1. The van der Waals surface area contributed by atoms with Crippen molar-refractivity contribution in [3.63, 3.8) is 0 Å². The van der Waals surface area contributed by atoms with Gasteiger partial charge in [-0.2, -0.15) is 8.42 Å². The van der Waals surface area contributed by atoms with Gasteiger partial charge in [0.25, 0.3) is 10.1 Å². The molecule has 1 amide bonds. The summed E-state index contributed by atoms with van der Waals surface area (Å²) in [6, 6.07) is 17.6. The van der Waals surface area contributed by atoms with Gasteiger partial charge in [0.2, 0.25) is 5.91 Å². The van der Waals surface area contributed by atoms with Crippen molar-refractivity contribution in [3.8, 4) is 23.0 Å². The van der Waals surface area contributed by atoms with E-state index in [0.29, 0.717) is 34.2 Å². The lowest BCUT2D eigenvalue weighted by atomic mass is 10.1. The number of amides is 1. The van der Waals surface area contributed by atoms with Crippen LogP contribution < -0.4 is 19.1 Å². The van der Waals surface area contributed by atoms with Crippen molar-refractivity contribution >= 4 is 21.7 Å². The number of carbonyl (C=O) groups excluding carboxylic acids is 1. The first kappa shape index (κ1) is 26.0. The fourth-order valence-corrected chi connectivity index (χ4v) is 3.59. The zero-order valence-electron chi connectivity index (χ0n) is 19.6. The predicted molar refractivity (Wildman–Crippen MR) is 129 cm³/mol. The second kappa shape index (κ2) is 11.7. The van der Waals surface area contributed by atoms with Gasteiger partial charge >= 0.3 is 0 Å². The molecule has 0 saturated carbocycles. The van der Waals surface area contributed by atoms with Crippen molar-refractivity contribution in [2.24, 2.45) is 0 Å². The highest BCUT2D eigenvalue weighted by Crippen LogP contribution is 2.35. The van der Waals surface area contributed by atoms with Gasteiger partial charge in [-0.3, -0.25) is 8.98 Å². The van der Waals surface area contributed by atoms with E-state index >= 15 is 0 Å². The zero-order valence-corrected chi connectivity index (χ0v) is 20.4. The number of ether oxygens (including phenoxy) is 3. The maximum absolute atomic E-state index is 13.3. The summed E-state index contributed by atoms with van der Waals surface area (Å²) in [6.07, 6.45) is 0.960. The molecule has 8 nitrogen and oxygen atoms in total. The number of halogens is 1. The van der Waals surface area contributed by atoms with E-state index in [2.05, 4.69) is 0 Å². The van der Waals surface area contributed by atoms with Crippen molar-refractivity contribution < 1.29 is 36.0 Å². The molecule has 0 aliphatic heterocycles. The quantitative estimate of drug-likeness (QED) is 0.280. The number of methoxy groups -OCH3 is 1. The summed E-state index contributed by atoms with van der Waals surface area (Å²) in [5, 5.41) is 0. The number of para-hydroxylation sites is 2. The van der Waals surface area contributed by atoms with Crippen LogP contribution in [-0.2, 0) is 25.6 Å². The summed E-state index contributed by atoms with van der Waals surface area (Å²) in [4.78, 5) is 14.2. The van der Waals surface area contributed by atoms with Crippen molar-refractivity contribution in [2.45, 2.75) is 13.5 Å². The van der Waals surface area contributed by atoms with E-state index in [0.717, 1.165) is 6.26 Å². The average molecular weight is 504 g/mol. The van der Waals surface area contributed by atoms with Gasteiger partial charge in [0.05, 0.1) is 25.6 Å². The molecule has 10 heteroatoms. The molecular formula is C25H26FNO7S. The molecule has 0 bridgehead atoms. The first-order valence-electron chi connectivity index (χ1n) is 10.6. The minimum absolute atomic E-state index is 0.0171. The second-order valence-corrected chi connectivity index (χ2v) is 9.12. The maximum Gasteiger partial charge on any atom is 0.264 e. The van der Waals surface area contributed by atoms with Crippen molar-refractivity contribution in [1.82, 2.24) is 0 Å². The molecule has 0 saturated heterocycles. The molecule has 0 unspecified atom stereocenters. The Morgan fingerprint density at radius 2 is 1.63 bits per heavy atom. The van der Waals surface area contributed by atoms with Crippen LogP contribution in [0.5, 0.6) is 23.0 Å². The molecule has 3 rings (SSSR count). The Bertz CT molecular complexity index is 1260. The molecule has 0 fully saturated rings. The molecule has 3 aromatic carbocycles. The third-order valence-corrected chi connectivity index (χ3v) is 5.41. The number of hydrogen-bond acceptors (Lipinski definition) is 7. The highest BCUT2D eigenvalue weighted by molar-refractivity contribution is 7.85. The van der Waals surface area contributed by atoms with Crippen LogP contribution in [0.1, 0.15) is 12.5 Å². The Hall–Kier alpha value is -3.63. The first-order chi connectivity index (χ1) is 16.7. The van der Waals surface area contributed by atoms with Gasteiger partial charge in [-0.15, -0.1) is 0 Å². The molecule has 0 atom stereocenters. The largest absolute Gasteiger partial charge is 0.497 e. The summed E-state index contributed by atoms with van der Waals surface area (Å²) in [6.45, 7) is 1.36. The Kier molecular flexibility index (Phi) is 8.67. The van der Waals surface area contributed by atoms with Crippen molar-refractivity contribution in [1.29, 1.82) is 0 Å². The van der Waals surface area contributed by atoms with Crippen LogP contribution >= 0.6 is 0 Å². The van der Waals surface area contributed by atoms with E-state index in [1.807, 2.05) is 0 Å². The summed E-state index contributed by atoms with van der Waals surface area (Å²) < 4.78 is 57.4. The monoisotopic (exact) mass is 503 g/mol. The number of benzene rings is 3. The summed E-state index contributed by atoms with van der Waals surface area (Å²) >= 11 is 0. The van der Waals surface area contributed by atoms with E-state index in [9.17, 15) is 17.6 Å². The van der Waals surface area contributed by atoms with Crippen LogP contribution in [0, 0.1) is 5.82 Å². The minimum Gasteiger partial charge on any atom is -0.497 e. The maximum atomic E-state index is 13.3. The Balaban J connectivity index is 1.88. The minimum atomic E-state index is -3.59. The fraction of sp³-hybridized carbons (Fsp3) is 0.240. The molecule has 35 heavy (non-hydrogen) atoms. The lowest BCUT2D eigenvalue weighted by Crippen LogP contribution is -2.28. The van der Waals surface area contributed by atoms with Crippen LogP contribution in [0.3, 0.4) is 0 Å². The Morgan fingerprint density at radius 1 is 0.943 bits per heavy atom. The van der Waals surface area contributed by atoms with Crippen molar-refractivity contribution in [3.05, 3.63) is 78.1 Å². The Morgan fingerprint density at radius 3 is 2.29 bits per heavy atom. The molecule has 0 aromatic heterocycles. The SMILES string of the molecule is COc1ccc(OCCOS(C)(=O)=O)c(CN(C(C)=O)c2ccccc2Oc2ccc(F)cc2)c1. The number of rotatable bonds is 11. The molecule has 0 aliphatic rings. The normalized spacial score (nSPS) is 11.1. The van der Waals surface area contributed by atoms with Crippen LogP contribution in [0.25, 0.3) is 0 Å². The standard InChI is InChI=1S/C25H26FNO7S/c1-18(28)27(23-6-4-5-7-25(23)34-21-10-8-20(26)9-11-21)17-19-16-22(31-2)12-13-24(19)32-14-15-33-35(3,29)30/h4-13,16H,14-15,17H2,1-3H3. The summed E-state index contributed by atoms with van der Waals surface area (Å²) in [5.74, 6) is 1.17. The molecule has 0 radical (unpaired) electrons. The van der Waals surface area contributed by atoms with E-state index in [-0.39, 0.29) is 31.5 Å². The highest BCUT2D eigenvalue weighted by atomic mass is 32.2. The van der Waals surface area contributed by atoms with Crippen LogP contribution in [0.2, 0.25) is 0 Å². The summed E-state index contributed by atoms with van der Waals surface area (Å²) in [5.41, 5.74) is 1.12. The average Bonchev–Trinajstić information content (AvgIpc) is 2.82. The molecule has 3 aromatic rings. The van der Waals surface area contributed by atoms with E-state index in [1.54, 1.807) is 42.5 Å². The number of hydrogen-bond donors (Lipinski definition) is 0. The Labute approximate surface area is 203 Å². The van der Waals surface area contributed by atoms with Gasteiger partial charge in [-0.05, 0) is 54.6 Å². The topological polar surface area (TPSA) is 91.4 Å². The van der Waals surface area contributed by atoms with E-state index in [1.165, 1.54) is 43.2 Å². The highest BCUT2D eigenvalue weighted by Gasteiger charge is 2.20. The lowest BCUT2D eigenvalue weighted by molar-refractivity contribution is -0.116. The van der Waals surface area contributed by atoms with Crippen molar-refractivity contribution in [2.75, 3.05) is 31.5 Å². The van der Waals surface area contributed by atoms with Gasteiger partial charge in [0, 0.05) is 12.5 Å². The molecule has 0 heterocycles. The number of carbonyl (C=O) groups is 1. The molecular weight excluding hydrogens is 477 g/mol. The predicted octanol–water partition coefficient (Wildman–Crippen LogP) is 4.53. The molecule has 0 N–H and O–H groups in total. The number of anilines is 1. The van der Waals surface area contributed by atoms with Gasteiger partial charge in [0.15, 0.2) is 5.75 Å². The van der Waals surface area contributed by atoms with E-state index in [4.69, 9.17) is 18.4 Å². The first-order valence-corrected chi connectivity index (χ1v) is 12.4. The van der Waals surface area contributed by atoms with Gasteiger partial charge in [0.1, 0.15) is 36.3 Å². The third kappa shape index (κ3) is 7.69. The van der Waals surface area contributed by atoms with Gasteiger partial charge in [-0.25, -0.2) is 4.39 Å². The zero-order chi connectivity index (χ0) is 25.4. The third-order valence-electron chi connectivity index (χ3n) is 4.81. The van der Waals surface area contributed by atoms with Crippen LogP contribution in [0.4, 0.5) is 10.1 Å². The van der Waals surface area contributed by atoms with E-state index < -0.39 is 10.1 Å². The molecule has 0 aliphatic carbocycles. The lowest BCUT2D eigenvalue weighted by Gasteiger charge is -2.25. The van der Waals surface area contributed by atoms with Crippen LogP contribution in [0.15, 0.2) is 66.7 Å². The summed E-state index contributed by atoms with van der Waals surface area (Å²) in [7, 11) is -2.06. The van der Waals surface area contributed by atoms with Gasteiger partial charge in [-0.1, -0.05) is 12.1 Å². The smallest absolute Gasteiger partial charge is 0.264 e. The second-order valence-electron chi connectivity index (χ2n) is 7.48. The molecule has 186 valence electrons. The molecule has 0 spiro atoms. The van der Waals surface area contributed by atoms with Gasteiger partial charge < -0.3 is 19.1 Å². The van der Waals surface area contributed by atoms with Crippen LogP contribution in [-0.4, -0.2) is 40.9 Å².